The zero-order valence-electron chi connectivity index (χ0n) is 12.3. The molecule has 0 aromatic heterocycles. The van der Waals surface area contributed by atoms with E-state index in [0.29, 0.717) is 18.6 Å². The van der Waals surface area contributed by atoms with Crippen molar-refractivity contribution < 1.29 is 9.90 Å². The Hall–Kier alpha value is -1.35. The summed E-state index contributed by atoms with van der Waals surface area (Å²) in [6, 6.07) is 11.3. The van der Waals surface area contributed by atoms with Gasteiger partial charge in [-0.05, 0) is 25.3 Å². The molecule has 3 heteroatoms. The van der Waals surface area contributed by atoms with Crippen molar-refractivity contribution in [3.63, 3.8) is 0 Å². The first-order valence-corrected chi connectivity index (χ1v) is 7.71. The van der Waals surface area contributed by atoms with Gasteiger partial charge in [-0.2, -0.15) is 0 Å². The first-order valence-electron chi connectivity index (χ1n) is 7.71. The monoisotopic (exact) mass is 275 g/mol. The highest BCUT2D eigenvalue weighted by atomic mass is 16.4. The third kappa shape index (κ3) is 4.07. The van der Waals surface area contributed by atoms with E-state index in [2.05, 4.69) is 36.1 Å². The molecule has 1 saturated carbocycles. The summed E-state index contributed by atoms with van der Waals surface area (Å²) in [5.74, 6) is -0.703. The van der Waals surface area contributed by atoms with Gasteiger partial charge < -0.3 is 5.11 Å². The number of nitrogens with zero attached hydrogens (tertiary/aromatic N) is 1. The molecule has 1 aromatic carbocycles. The van der Waals surface area contributed by atoms with Crippen molar-refractivity contribution in [3.8, 4) is 0 Å². The first-order chi connectivity index (χ1) is 9.68. The van der Waals surface area contributed by atoms with E-state index >= 15 is 0 Å². The van der Waals surface area contributed by atoms with E-state index in [4.69, 9.17) is 5.11 Å². The maximum Gasteiger partial charge on any atom is 0.304 e. The van der Waals surface area contributed by atoms with Crippen molar-refractivity contribution in [1.29, 1.82) is 0 Å². The Bertz CT molecular complexity index is 412. The average Bonchev–Trinajstić information content (AvgIpc) is 2.49. The lowest BCUT2D eigenvalue weighted by atomic mass is 9.92. The van der Waals surface area contributed by atoms with Crippen molar-refractivity contribution in [2.45, 2.75) is 57.5 Å². The molecule has 0 radical (unpaired) electrons. The Kier molecular flexibility index (Phi) is 5.60. The molecule has 2 rings (SSSR count). The normalized spacial score (nSPS) is 18.1. The molecule has 1 unspecified atom stereocenters. The molecule has 0 spiro atoms. The molecular formula is C17H25NO2. The van der Waals surface area contributed by atoms with Crippen LogP contribution in [0.15, 0.2) is 30.3 Å². The zero-order chi connectivity index (χ0) is 14.4. The third-order valence-corrected chi connectivity index (χ3v) is 4.41. The molecule has 0 aliphatic heterocycles. The van der Waals surface area contributed by atoms with Gasteiger partial charge in [-0.15, -0.1) is 0 Å². The number of rotatable bonds is 6. The van der Waals surface area contributed by atoms with Gasteiger partial charge in [-0.25, -0.2) is 0 Å². The Balaban J connectivity index is 2.09. The summed E-state index contributed by atoms with van der Waals surface area (Å²) in [5, 5.41) is 8.99. The zero-order valence-corrected chi connectivity index (χ0v) is 12.3. The van der Waals surface area contributed by atoms with Crippen LogP contribution in [0.1, 0.15) is 57.1 Å². The number of carboxylic acid groups (broad SMARTS) is 1. The van der Waals surface area contributed by atoms with Crippen LogP contribution < -0.4 is 0 Å². The smallest absolute Gasteiger partial charge is 0.304 e. The Morgan fingerprint density at radius 1 is 1.25 bits per heavy atom. The van der Waals surface area contributed by atoms with Gasteiger partial charge in [0.15, 0.2) is 0 Å². The summed E-state index contributed by atoms with van der Waals surface area (Å²) in [4.78, 5) is 13.3. The van der Waals surface area contributed by atoms with Gasteiger partial charge in [0, 0.05) is 18.6 Å². The highest BCUT2D eigenvalue weighted by Gasteiger charge is 2.26. The van der Waals surface area contributed by atoms with E-state index < -0.39 is 5.97 Å². The minimum absolute atomic E-state index is 0.230. The second kappa shape index (κ2) is 7.44. The van der Waals surface area contributed by atoms with E-state index in [1.54, 1.807) is 0 Å². The van der Waals surface area contributed by atoms with Crippen LogP contribution in [-0.2, 0) is 4.79 Å². The molecule has 1 aromatic rings. The van der Waals surface area contributed by atoms with Crippen molar-refractivity contribution in [3.05, 3.63) is 35.9 Å². The minimum Gasteiger partial charge on any atom is -0.481 e. The summed E-state index contributed by atoms with van der Waals surface area (Å²) in [5.41, 5.74) is 1.28. The van der Waals surface area contributed by atoms with Crippen molar-refractivity contribution >= 4 is 5.97 Å². The van der Waals surface area contributed by atoms with E-state index in [0.717, 1.165) is 0 Å². The Labute approximate surface area is 121 Å². The topological polar surface area (TPSA) is 40.5 Å². The van der Waals surface area contributed by atoms with Gasteiger partial charge in [-0.3, -0.25) is 9.69 Å². The number of hydrogen-bond donors (Lipinski definition) is 1. The van der Waals surface area contributed by atoms with Crippen LogP contribution in [0.2, 0.25) is 0 Å². The summed E-state index contributed by atoms with van der Waals surface area (Å²) in [7, 11) is 0. The van der Waals surface area contributed by atoms with Crippen LogP contribution in [0.4, 0.5) is 0 Å². The summed E-state index contributed by atoms with van der Waals surface area (Å²) < 4.78 is 0. The standard InChI is InChI=1S/C17H25NO2/c1-14(15-8-4-2-5-9-15)18(13-12-17(19)20)16-10-6-3-7-11-16/h2,4-5,8-9,14,16H,3,6-7,10-13H2,1H3,(H,19,20). The number of carbonyl (C=O) groups is 1. The highest BCUT2D eigenvalue weighted by Crippen LogP contribution is 2.30. The molecular weight excluding hydrogens is 250 g/mol. The van der Waals surface area contributed by atoms with Gasteiger partial charge in [0.05, 0.1) is 6.42 Å². The number of carboxylic acids is 1. The predicted molar refractivity (Wildman–Crippen MR) is 80.7 cm³/mol. The average molecular weight is 275 g/mol. The fraction of sp³-hybridized carbons (Fsp3) is 0.588. The van der Waals surface area contributed by atoms with Gasteiger partial charge in [0.2, 0.25) is 0 Å². The third-order valence-electron chi connectivity index (χ3n) is 4.41. The predicted octanol–water partition coefficient (Wildman–Crippen LogP) is 3.86. The molecule has 110 valence electrons. The molecule has 1 aliphatic carbocycles. The summed E-state index contributed by atoms with van der Waals surface area (Å²) >= 11 is 0. The van der Waals surface area contributed by atoms with Gasteiger partial charge in [0.1, 0.15) is 0 Å². The molecule has 1 atom stereocenters. The van der Waals surface area contributed by atoms with Gasteiger partial charge >= 0.3 is 5.97 Å². The molecule has 0 bridgehead atoms. The van der Waals surface area contributed by atoms with E-state index in [9.17, 15) is 4.79 Å². The fourth-order valence-electron chi connectivity index (χ4n) is 3.25. The number of hydrogen-bond acceptors (Lipinski definition) is 2. The summed E-state index contributed by atoms with van der Waals surface area (Å²) in [6.45, 7) is 2.85. The van der Waals surface area contributed by atoms with E-state index in [1.165, 1.54) is 37.7 Å². The Morgan fingerprint density at radius 3 is 2.50 bits per heavy atom. The van der Waals surface area contributed by atoms with Crippen molar-refractivity contribution in [2.24, 2.45) is 0 Å². The minimum atomic E-state index is -0.703. The molecule has 20 heavy (non-hydrogen) atoms. The van der Waals surface area contributed by atoms with E-state index in [1.807, 2.05) is 6.07 Å². The first kappa shape index (κ1) is 15.0. The van der Waals surface area contributed by atoms with Crippen molar-refractivity contribution in [1.82, 2.24) is 4.90 Å². The maximum absolute atomic E-state index is 10.9. The van der Waals surface area contributed by atoms with Gasteiger partial charge in [-0.1, -0.05) is 49.6 Å². The van der Waals surface area contributed by atoms with E-state index in [-0.39, 0.29) is 6.42 Å². The number of aliphatic carboxylic acids is 1. The van der Waals surface area contributed by atoms with Crippen LogP contribution in [0.25, 0.3) is 0 Å². The molecule has 1 N–H and O–H groups in total. The van der Waals surface area contributed by atoms with Crippen LogP contribution in [0.3, 0.4) is 0 Å². The van der Waals surface area contributed by atoms with Crippen LogP contribution in [0.5, 0.6) is 0 Å². The maximum atomic E-state index is 10.9. The highest BCUT2D eigenvalue weighted by molar-refractivity contribution is 5.66. The molecule has 1 aliphatic rings. The number of benzene rings is 1. The van der Waals surface area contributed by atoms with Gasteiger partial charge in [0.25, 0.3) is 0 Å². The lowest BCUT2D eigenvalue weighted by Crippen LogP contribution is -2.40. The Morgan fingerprint density at radius 2 is 1.90 bits per heavy atom. The molecule has 0 amide bonds. The molecule has 0 heterocycles. The second-order valence-corrected chi connectivity index (χ2v) is 5.76. The summed E-state index contributed by atoms with van der Waals surface area (Å²) in [6.07, 6.45) is 6.51. The van der Waals surface area contributed by atoms with Crippen LogP contribution in [0, 0.1) is 0 Å². The van der Waals surface area contributed by atoms with Crippen LogP contribution in [-0.4, -0.2) is 28.6 Å². The largest absolute Gasteiger partial charge is 0.481 e. The van der Waals surface area contributed by atoms with Crippen molar-refractivity contribution in [2.75, 3.05) is 6.54 Å². The quantitative estimate of drug-likeness (QED) is 0.857. The SMILES string of the molecule is CC(c1ccccc1)N(CCC(=O)O)C1CCCCC1. The molecule has 0 saturated heterocycles. The molecule has 3 nitrogen and oxygen atoms in total. The lowest BCUT2D eigenvalue weighted by molar-refractivity contribution is -0.137. The fourth-order valence-corrected chi connectivity index (χ4v) is 3.25. The molecule has 1 fully saturated rings. The van der Waals surface area contributed by atoms with Crippen LogP contribution >= 0.6 is 0 Å². The lowest BCUT2D eigenvalue weighted by Gasteiger charge is -2.38. The second-order valence-electron chi connectivity index (χ2n) is 5.76.